The lowest BCUT2D eigenvalue weighted by molar-refractivity contribution is -0.364. The minimum Gasteiger partial charge on any atom is -0.479 e. The van der Waals surface area contributed by atoms with Gasteiger partial charge >= 0.3 is 63.7 Å². The molecule has 66 heavy (non-hydrogen) atoms. The summed E-state index contributed by atoms with van der Waals surface area (Å²) >= 11 is 0. The third-order valence-corrected chi connectivity index (χ3v) is 11.4. The smallest absolute Gasteiger partial charge is 0.397 e. The molecule has 384 valence electrons. The third-order valence-electron chi connectivity index (χ3n) is 8.97. The Morgan fingerprint density at radius 1 is 0.561 bits per heavy atom. The van der Waals surface area contributed by atoms with Gasteiger partial charge < -0.3 is 74.0 Å². The molecule has 0 bridgehead atoms. The summed E-state index contributed by atoms with van der Waals surface area (Å²) in [5.74, 6) is -5.47. The fourth-order valence-corrected chi connectivity index (χ4v) is 8.65. The van der Waals surface area contributed by atoms with E-state index in [9.17, 15) is 111 Å². The second-order valence-electron chi connectivity index (χ2n) is 13.6. The summed E-state index contributed by atoms with van der Waals surface area (Å²) in [6.45, 7) is -3.05. The first-order chi connectivity index (χ1) is 29.9. The van der Waals surface area contributed by atoms with Crippen LogP contribution in [0.15, 0.2) is 11.8 Å². The first-order valence-corrected chi connectivity index (χ1v) is 24.2. The molecular weight excluding hydrogens is 1040 g/mol. The highest BCUT2D eigenvalue weighted by atomic mass is 32.3. The molecule has 4 rings (SSSR count). The van der Waals surface area contributed by atoms with Gasteiger partial charge in [-0.25, -0.2) is 22.1 Å². The molecule has 3 saturated heterocycles. The molecule has 0 aromatic heterocycles. The molecule has 0 amide bonds. The van der Waals surface area contributed by atoms with Crippen molar-refractivity contribution in [1.29, 1.82) is 0 Å². The normalized spacial score (nSPS) is 38.5. The van der Waals surface area contributed by atoms with E-state index in [0.29, 0.717) is 6.08 Å². The molecule has 0 aliphatic carbocycles. The molecule has 0 spiro atoms. The molecule has 4 heterocycles. The lowest BCUT2D eigenvalue weighted by atomic mass is 9.95. The minimum absolute atomic E-state index is 0.307. The van der Waals surface area contributed by atoms with Crippen molar-refractivity contribution in [2.45, 2.75) is 110 Å². The molecule has 18 atom stereocenters. The van der Waals surface area contributed by atoms with E-state index in [1.54, 1.807) is 0 Å². The van der Waals surface area contributed by atoms with Crippen LogP contribution in [0.4, 0.5) is 0 Å². The molecule has 42 heteroatoms. The van der Waals surface area contributed by atoms with Crippen molar-refractivity contribution < 1.29 is 161 Å². The van der Waals surface area contributed by atoms with Crippen molar-refractivity contribution in [2.24, 2.45) is 0 Å². The number of carbonyl (C=O) groups is 2. The van der Waals surface area contributed by atoms with Crippen LogP contribution in [0.25, 0.3) is 0 Å². The predicted molar refractivity (Wildman–Crippen MR) is 189 cm³/mol. The second kappa shape index (κ2) is 21.1. The molecule has 18 unspecified atom stereocenters. The van der Waals surface area contributed by atoms with E-state index in [2.05, 4.69) is 12.5 Å². The van der Waals surface area contributed by atoms with E-state index in [0.717, 1.165) is 0 Å². The average molecular weight is 1070 g/mol. The summed E-state index contributed by atoms with van der Waals surface area (Å²) < 4.78 is 214. The number of aliphatic hydroxyl groups is 6. The van der Waals surface area contributed by atoms with E-state index in [1.807, 2.05) is 0 Å². The lowest BCUT2D eigenvalue weighted by Crippen LogP contribution is -2.70. The molecule has 3 fully saturated rings. The zero-order chi connectivity index (χ0) is 50.2. The fraction of sp³-hybridized carbons (Fsp3) is 0.833. The van der Waals surface area contributed by atoms with Gasteiger partial charge in [0.1, 0.15) is 73.1 Å². The molecule has 0 aromatic carbocycles. The van der Waals surface area contributed by atoms with Gasteiger partial charge in [-0.2, -0.15) is 51.5 Å². The Kier molecular flexibility index (Phi) is 17.9. The van der Waals surface area contributed by atoms with Gasteiger partial charge in [0.2, 0.25) is 12.0 Å². The number of aliphatic hydroxyl groups excluding tert-OH is 6. The van der Waals surface area contributed by atoms with Crippen LogP contribution in [0.3, 0.4) is 0 Å². The van der Waals surface area contributed by atoms with Gasteiger partial charge in [0.05, 0.1) is 13.2 Å². The largest absolute Gasteiger partial charge is 0.479 e. The highest BCUT2D eigenvalue weighted by Gasteiger charge is 2.57. The zero-order valence-electron chi connectivity index (χ0n) is 31.7. The number of hydrogen-bond acceptors (Lipinski definition) is 28. The van der Waals surface area contributed by atoms with Crippen LogP contribution in [0.1, 0.15) is 0 Å². The summed E-state index contributed by atoms with van der Waals surface area (Å²) in [5, 5.41) is 84.7. The number of hydrogen-bond donors (Lipinski definition) is 15. The molecule has 0 saturated carbocycles. The maximum absolute atomic E-state index is 12.5. The van der Waals surface area contributed by atoms with E-state index < -0.39 is 193 Å². The molecule has 37 nitrogen and oxygen atoms in total. The minimum atomic E-state index is -5.67. The third kappa shape index (κ3) is 15.4. The molecular formula is C24H38N2O35S5. The lowest BCUT2D eigenvalue weighted by Gasteiger charge is -2.49. The van der Waals surface area contributed by atoms with Crippen LogP contribution in [-0.2, 0) is 107 Å². The number of ether oxygens (including phenoxy) is 7. The predicted octanol–water partition coefficient (Wildman–Crippen LogP) is -10.1. The van der Waals surface area contributed by atoms with E-state index in [-0.39, 0.29) is 0 Å². The Morgan fingerprint density at radius 2 is 1.03 bits per heavy atom. The summed E-state index contributed by atoms with van der Waals surface area (Å²) in [6.07, 6.45) is -41.1. The van der Waals surface area contributed by atoms with Crippen LogP contribution in [0.2, 0.25) is 0 Å². The van der Waals surface area contributed by atoms with Gasteiger partial charge in [0.25, 0.3) is 0 Å². The molecule has 0 radical (unpaired) electrons. The Bertz CT molecular complexity index is 2340. The van der Waals surface area contributed by atoms with Crippen LogP contribution < -0.4 is 9.44 Å². The summed E-state index contributed by atoms with van der Waals surface area (Å²) in [7, 11) is -27.6. The zero-order valence-corrected chi connectivity index (χ0v) is 35.8. The monoisotopic (exact) mass is 1070 g/mol. The number of carboxylic acid groups (broad SMARTS) is 2. The number of aliphatic carboxylic acids is 2. The van der Waals surface area contributed by atoms with Crippen molar-refractivity contribution >= 4 is 63.7 Å². The van der Waals surface area contributed by atoms with Crippen LogP contribution in [0.5, 0.6) is 0 Å². The van der Waals surface area contributed by atoms with Gasteiger partial charge in [0, 0.05) is 0 Å². The van der Waals surface area contributed by atoms with Gasteiger partial charge in [-0.3, -0.25) is 22.8 Å². The Labute approximate surface area is 368 Å². The van der Waals surface area contributed by atoms with Gasteiger partial charge in [-0.05, 0) is 6.08 Å². The number of nitrogens with one attached hydrogen (secondary N) is 2. The molecule has 0 aromatic rings. The summed E-state index contributed by atoms with van der Waals surface area (Å²) in [4.78, 5) is 24.2. The highest BCUT2D eigenvalue weighted by Crippen LogP contribution is 2.35. The standard InChI is InChI=1S/C24H38N2O35S5/c27-4-1-5(19(32)33)55-24(14(4)61-66(49,50)51)58-16-7(3-53-65(46,47)48)56-22(9(11(16)29)26-63(40,41)42)59-17-12(30)13(31)23(60-18(17)20(34)35)57-15-6(2-52-64(43,44)45)54-21(36)8(10(15)28)25-62(37,38)39/h1,4,6-18,21-31,36H,2-3H2,(H,32,33)(H,34,35)(H,37,38,39)(H,40,41,42)(H,43,44,45)(H,46,47,48)(H,49,50,51). The van der Waals surface area contributed by atoms with Crippen molar-refractivity contribution in [3.05, 3.63) is 11.8 Å². The summed E-state index contributed by atoms with van der Waals surface area (Å²) in [6, 6.07) is -5.02. The first kappa shape index (κ1) is 55.9. The maximum Gasteiger partial charge on any atom is 0.397 e. The van der Waals surface area contributed by atoms with Crippen molar-refractivity contribution in [2.75, 3.05) is 13.2 Å². The van der Waals surface area contributed by atoms with E-state index in [1.165, 1.54) is 9.44 Å². The topological polar surface area (TPSA) is 584 Å². The SMILES string of the molecule is O=C(O)C1=CC(O)C(OS(=O)(=O)O)C(OC2C(COS(=O)(=O)O)OC(OC3C(C(=O)O)OC(OC4C(COS(=O)(=O)O)OC(O)C(NS(=O)(=O)O)C4O)C(O)C3O)C(NS(=O)(=O)O)C2O)O1. The fourth-order valence-electron chi connectivity index (χ4n) is 6.35. The average Bonchev–Trinajstić information content (AvgIpc) is 3.14. The van der Waals surface area contributed by atoms with E-state index >= 15 is 0 Å². The highest BCUT2D eigenvalue weighted by molar-refractivity contribution is 7.84. The molecule has 15 N–H and O–H groups in total. The first-order valence-electron chi connectivity index (χ1n) is 17.2. The number of rotatable bonds is 20. The molecule has 4 aliphatic heterocycles. The van der Waals surface area contributed by atoms with Crippen molar-refractivity contribution in [3.8, 4) is 0 Å². The number of carboxylic acids is 2. The van der Waals surface area contributed by atoms with Crippen molar-refractivity contribution in [1.82, 2.24) is 9.44 Å². The Hall–Kier alpha value is -2.65. The quantitative estimate of drug-likeness (QED) is 0.0503. The van der Waals surface area contributed by atoms with Gasteiger partial charge in [-0.15, -0.1) is 0 Å². The van der Waals surface area contributed by atoms with Gasteiger partial charge in [-0.1, -0.05) is 0 Å². The maximum atomic E-state index is 12.5. The van der Waals surface area contributed by atoms with Crippen LogP contribution in [0, 0.1) is 0 Å². The van der Waals surface area contributed by atoms with Crippen LogP contribution in [-0.4, -0.2) is 241 Å². The van der Waals surface area contributed by atoms with E-state index in [4.69, 9.17) is 37.7 Å². The van der Waals surface area contributed by atoms with Crippen molar-refractivity contribution in [3.63, 3.8) is 0 Å². The van der Waals surface area contributed by atoms with Gasteiger partial charge in [0.15, 0.2) is 31.1 Å². The second-order valence-corrected chi connectivity index (χ2v) is 19.2. The Balaban J connectivity index is 1.71. The molecule has 4 aliphatic rings. The van der Waals surface area contributed by atoms with Crippen LogP contribution >= 0.6 is 0 Å². The Morgan fingerprint density at radius 3 is 1.50 bits per heavy atom. The summed E-state index contributed by atoms with van der Waals surface area (Å²) in [5.41, 5.74) is 0.